The van der Waals surface area contributed by atoms with E-state index in [1.54, 1.807) is 0 Å². The van der Waals surface area contributed by atoms with E-state index in [1.165, 1.54) is 18.2 Å². The smallest absolute Gasteiger partial charge is 0.363 e. The van der Waals surface area contributed by atoms with Crippen molar-refractivity contribution >= 4 is 83.6 Å². The molecule has 0 spiro atoms. The van der Waals surface area contributed by atoms with Crippen molar-refractivity contribution in [2.75, 3.05) is 5.32 Å². The number of rotatable bonds is 7. The molecular formula is C20H12Cl2N6O9S2. The van der Waals surface area contributed by atoms with Crippen LogP contribution in [-0.4, -0.2) is 56.9 Å². The maximum atomic E-state index is 12.8. The number of carboxylic acids is 1. The fourth-order valence-corrected chi connectivity index (χ4v) is 4.50. The van der Waals surface area contributed by atoms with E-state index in [-0.39, 0.29) is 31.0 Å². The monoisotopic (exact) mass is 614 g/mol. The van der Waals surface area contributed by atoms with Gasteiger partial charge in [0.1, 0.15) is 21.8 Å². The minimum Gasteiger partial charge on any atom is -0.478 e. The first-order chi connectivity index (χ1) is 18.1. The molecule has 2 heterocycles. The number of anilines is 1. The average molecular weight is 615 g/mol. The molecule has 2 aromatic carbocycles. The summed E-state index contributed by atoms with van der Waals surface area (Å²) >= 11 is 11.7. The third-order valence-electron chi connectivity index (χ3n) is 4.88. The summed E-state index contributed by atoms with van der Waals surface area (Å²) in [5.41, 5.74) is -1.10. The molecule has 19 heteroatoms. The van der Waals surface area contributed by atoms with Crippen molar-refractivity contribution in [2.24, 2.45) is 10.2 Å². The highest BCUT2D eigenvalue weighted by Crippen LogP contribution is 2.31. The van der Waals surface area contributed by atoms with Gasteiger partial charge in [0.05, 0.1) is 17.2 Å². The Hall–Kier alpha value is -4.00. The molecule has 39 heavy (non-hydrogen) atoms. The lowest BCUT2D eigenvalue weighted by molar-refractivity contribution is 0.0697. The molecule has 0 fully saturated rings. The minimum atomic E-state index is -4.87. The van der Waals surface area contributed by atoms with Gasteiger partial charge >= 0.3 is 16.3 Å². The van der Waals surface area contributed by atoms with Gasteiger partial charge in [-0.2, -0.15) is 16.8 Å². The van der Waals surface area contributed by atoms with Crippen LogP contribution in [-0.2, 0) is 20.4 Å². The van der Waals surface area contributed by atoms with Crippen LogP contribution in [0.1, 0.15) is 20.7 Å². The number of aromatic nitrogens is 3. The van der Waals surface area contributed by atoms with Crippen LogP contribution in [0.3, 0.4) is 0 Å². The Morgan fingerprint density at radius 1 is 0.872 bits per heavy atom. The molecule has 202 valence electrons. The Morgan fingerprint density at radius 2 is 1.51 bits per heavy atom. The number of hydrogen-bond donors (Lipinski definition) is 4. The summed E-state index contributed by atoms with van der Waals surface area (Å²) in [6, 6.07) is 7.29. The molecule has 4 rings (SSSR count). The number of halogens is 2. The van der Waals surface area contributed by atoms with Crippen LogP contribution in [0.25, 0.3) is 11.0 Å². The number of fused-ring (bicyclic) bond motifs is 1. The van der Waals surface area contributed by atoms with Crippen LogP contribution in [0.4, 0.5) is 17.1 Å². The number of azo groups is 1. The highest BCUT2D eigenvalue weighted by molar-refractivity contribution is 7.86. The highest BCUT2D eigenvalue weighted by atomic mass is 35.5. The van der Waals surface area contributed by atoms with Crippen molar-refractivity contribution in [3.8, 4) is 0 Å². The molecule has 0 unspecified atom stereocenters. The summed E-state index contributed by atoms with van der Waals surface area (Å²) < 4.78 is 65.2. The molecule has 0 saturated heterocycles. The molecule has 4 N–H and O–H groups in total. The summed E-state index contributed by atoms with van der Waals surface area (Å²) in [4.78, 5) is 31.5. The van der Waals surface area contributed by atoms with Crippen LogP contribution in [0.5, 0.6) is 0 Å². The summed E-state index contributed by atoms with van der Waals surface area (Å²) in [5.74, 6) is -2.31. The van der Waals surface area contributed by atoms with Crippen molar-refractivity contribution in [3.05, 3.63) is 70.2 Å². The molecule has 0 aliphatic heterocycles. The quantitative estimate of drug-likeness (QED) is 0.171. The number of benzene rings is 2. The van der Waals surface area contributed by atoms with Crippen molar-refractivity contribution in [2.45, 2.75) is 4.90 Å². The van der Waals surface area contributed by atoms with Gasteiger partial charge in [0.2, 0.25) is 0 Å². The third-order valence-corrected chi connectivity index (χ3v) is 7.15. The van der Waals surface area contributed by atoms with Crippen LogP contribution in [0.2, 0.25) is 10.3 Å². The first kappa shape index (κ1) is 28.0. The number of nitrogens with one attached hydrogen (secondary N) is 1. The molecule has 15 nitrogen and oxygen atoms in total. The van der Waals surface area contributed by atoms with E-state index in [1.807, 2.05) is 0 Å². The second-order valence-corrected chi connectivity index (χ2v) is 10.9. The Bertz CT molecular complexity index is 1930. The van der Waals surface area contributed by atoms with Gasteiger partial charge in [-0.05, 0) is 36.4 Å². The number of amides is 1. The zero-order valence-electron chi connectivity index (χ0n) is 18.7. The Kier molecular flexibility index (Phi) is 7.39. The van der Waals surface area contributed by atoms with Gasteiger partial charge in [-0.15, -0.1) is 10.2 Å². The third kappa shape index (κ3) is 6.19. The van der Waals surface area contributed by atoms with Gasteiger partial charge in [0.25, 0.3) is 16.0 Å². The van der Waals surface area contributed by atoms with Gasteiger partial charge < -0.3 is 10.4 Å². The van der Waals surface area contributed by atoms with Gasteiger partial charge in [-0.3, -0.25) is 13.9 Å². The second kappa shape index (κ2) is 10.3. The zero-order valence-corrected chi connectivity index (χ0v) is 21.9. The molecule has 4 aromatic rings. The standard InChI is InChI=1S/C20H12Cl2N6O9S2/c21-17-18(22)25-13-5-9(1-3-12(13)24-17)19(29)23-10-2-4-16(38(32,33)34)14(6-10)26-27-15-8-28(39(35,36)37)7-11(15)20(30)31/h1-8H,(H,23,29)(H,30,31)(H,32,33,34)(H,35,36,37). The highest BCUT2D eigenvalue weighted by Gasteiger charge is 2.21. The normalized spacial score (nSPS) is 12.2. The van der Waals surface area contributed by atoms with E-state index in [4.69, 9.17) is 27.8 Å². The summed E-state index contributed by atoms with van der Waals surface area (Å²) in [6.45, 7) is 0. The molecule has 2 aromatic heterocycles. The van der Waals surface area contributed by atoms with E-state index < -0.39 is 54.1 Å². The van der Waals surface area contributed by atoms with Gasteiger partial charge in [-0.25, -0.2) is 18.7 Å². The maximum absolute atomic E-state index is 12.8. The van der Waals surface area contributed by atoms with E-state index >= 15 is 0 Å². The largest absolute Gasteiger partial charge is 0.478 e. The minimum absolute atomic E-state index is 0.0179. The van der Waals surface area contributed by atoms with Gasteiger partial charge in [-0.1, -0.05) is 23.2 Å². The molecular weight excluding hydrogens is 603 g/mol. The maximum Gasteiger partial charge on any atom is 0.363 e. The predicted octanol–water partition coefficient (Wildman–Crippen LogP) is 4.00. The average Bonchev–Trinajstić information content (AvgIpc) is 3.28. The molecule has 0 saturated carbocycles. The summed E-state index contributed by atoms with van der Waals surface area (Å²) in [7, 11) is -9.75. The van der Waals surface area contributed by atoms with E-state index in [2.05, 4.69) is 25.5 Å². The topological polar surface area (TPSA) is 231 Å². The lowest BCUT2D eigenvalue weighted by atomic mass is 10.1. The Balaban J connectivity index is 1.70. The Labute approximate surface area is 228 Å². The van der Waals surface area contributed by atoms with Gasteiger partial charge in [0.15, 0.2) is 10.3 Å². The number of hydrogen-bond acceptors (Lipinski definition) is 10. The predicted molar refractivity (Wildman–Crippen MR) is 136 cm³/mol. The molecule has 0 aliphatic rings. The summed E-state index contributed by atoms with van der Waals surface area (Å²) in [5, 5.41) is 18.8. The van der Waals surface area contributed by atoms with Crippen molar-refractivity contribution in [1.29, 1.82) is 0 Å². The number of aromatic carboxylic acids is 1. The fraction of sp³-hybridized carbons (Fsp3) is 0. The first-order valence-electron chi connectivity index (χ1n) is 10.0. The van der Waals surface area contributed by atoms with Gasteiger partial charge in [0, 0.05) is 17.4 Å². The molecule has 1 amide bonds. The molecule has 0 atom stereocenters. The molecule has 0 bridgehead atoms. The van der Waals surface area contributed by atoms with Crippen molar-refractivity contribution in [3.63, 3.8) is 0 Å². The second-order valence-electron chi connectivity index (χ2n) is 7.49. The number of carbonyl (C=O) groups is 2. The van der Waals surface area contributed by atoms with E-state index in [9.17, 15) is 36.1 Å². The SMILES string of the molecule is O=C(Nc1ccc(S(=O)(=O)O)c(N=Nc2cn(S(=O)(=O)O)cc2C(=O)O)c1)c1ccc2nc(Cl)c(Cl)nc2c1. The fourth-order valence-electron chi connectivity index (χ4n) is 3.15. The first-order valence-corrected chi connectivity index (χ1v) is 13.6. The lowest BCUT2D eigenvalue weighted by Gasteiger charge is -2.09. The van der Waals surface area contributed by atoms with Crippen LogP contribution in [0.15, 0.2) is 63.9 Å². The zero-order chi connectivity index (χ0) is 28.7. The van der Waals surface area contributed by atoms with Crippen LogP contribution >= 0.6 is 23.2 Å². The number of nitrogens with zero attached hydrogens (tertiary/aromatic N) is 5. The summed E-state index contributed by atoms with van der Waals surface area (Å²) in [6.07, 6.45) is 1.16. The Morgan fingerprint density at radius 3 is 2.13 bits per heavy atom. The molecule has 0 aliphatic carbocycles. The van der Waals surface area contributed by atoms with Crippen molar-refractivity contribution < 1.29 is 40.6 Å². The number of carboxylic acid groups (broad SMARTS) is 1. The number of carbonyl (C=O) groups excluding carboxylic acids is 1. The van der Waals surface area contributed by atoms with Crippen LogP contribution in [0, 0.1) is 0 Å². The van der Waals surface area contributed by atoms with E-state index in [0.29, 0.717) is 17.9 Å². The van der Waals surface area contributed by atoms with Crippen LogP contribution < -0.4 is 5.32 Å². The van der Waals surface area contributed by atoms with E-state index in [0.717, 1.165) is 18.2 Å². The molecule has 0 radical (unpaired) electrons. The van der Waals surface area contributed by atoms with Crippen molar-refractivity contribution in [1.82, 2.24) is 13.9 Å². The lowest BCUT2D eigenvalue weighted by Crippen LogP contribution is -2.12.